The number of hydrogen-bond acceptors (Lipinski definition) is 3. The minimum absolute atomic E-state index is 0.0279. The van der Waals surface area contributed by atoms with Crippen LogP contribution in [0, 0.1) is 0 Å². The van der Waals surface area contributed by atoms with Crippen LogP contribution in [0.1, 0.15) is 46.0 Å². The van der Waals surface area contributed by atoms with E-state index in [0.717, 1.165) is 25.7 Å². The SMILES string of the molecule is CCCn1cc(NC(=O)CC[C@H]2CC[C@@H](C)O2)ccc1=O. The van der Waals surface area contributed by atoms with Gasteiger partial charge in [-0.2, -0.15) is 0 Å². The summed E-state index contributed by atoms with van der Waals surface area (Å²) in [7, 11) is 0. The number of aromatic nitrogens is 1. The van der Waals surface area contributed by atoms with Gasteiger partial charge < -0.3 is 14.6 Å². The van der Waals surface area contributed by atoms with Crippen LogP contribution in [0.5, 0.6) is 0 Å². The van der Waals surface area contributed by atoms with Gasteiger partial charge in [0.25, 0.3) is 5.56 Å². The van der Waals surface area contributed by atoms with Gasteiger partial charge in [0.05, 0.1) is 17.9 Å². The lowest BCUT2D eigenvalue weighted by Crippen LogP contribution is -2.21. The molecule has 116 valence electrons. The third-order valence-electron chi connectivity index (χ3n) is 3.75. The van der Waals surface area contributed by atoms with E-state index in [9.17, 15) is 9.59 Å². The summed E-state index contributed by atoms with van der Waals surface area (Å²) in [4.78, 5) is 23.6. The molecule has 21 heavy (non-hydrogen) atoms. The second-order valence-corrected chi connectivity index (χ2v) is 5.68. The van der Waals surface area contributed by atoms with Crippen molar-refractivity contribution in [1.29, 1.82) is 0 Å². The van der Waals surface area contributed by atoms with E-state index in [2.05, 4.69) is 12.2 Å². The van der Waals surface area contributed by atoms with Crippen molar-refractivity contribution in [2.24, 2.45) is 0 Å². The number of nitrogens with zero attached hydrogens (tertiary/aromatic N) is 1. The van der Waals surface area contributed by atoms with E-state index < -0.39 is 0 Å². The Labute approximate surface area is 125 Å². The Kier molecular flexibility index (Phi) is 5.56. The maximum absolute atomic E-state index is 12.0. The smallest absolute Gasteiger partial charge is 0.250 e. The molecule has 0 bridgehead atoms. The normalized spacial score (nSPS) is 21.4. The molecule has 1 aliphatic rings. The number of carbonyl (C=O) groups excluding carboxylic acids is 1. The summed E-state index contributed by atoms with van der Waals surface area (Å²) in [6.45, 7) is 4.74. The molecule has 0 aromatic carbocycles. The summed E-state index contributed by atoms with van der Waals surface area (Å²) in [6, 6.07) is 3.15. The van der Waals surface area contributed by atoms with Crippen molar-refractivity contribution in [2.75, 3.05) is 5.32 Å². The fourth-order valence-electron chi connectivity index (χ4n) is 2.63. The van der Waals surface area contributed by atoms with Crippen LogP contribution in [0.25, 0.3) is 0 Å². The van der Waals surface area contributed by atoms with E-state index in [1.807, 2.05) is 6.92 Å². The van der Waals surface area contributed by atoms with Gasteiger partial charge >= 0.3 is 0 Å². The predicted molar refractivity (Wildman–Crippen MR) is 82.4 cm³/mol. The highest BCUT2D eigenvalue weighted by atomic mass is 16.5. The molecule has 1 aromatic heterocycles. The van der Waals surface area contributed by atoms with E-state index in [4.69, 9.17) is 4.74 Å². The van der Waals surface area contributed by atoms with Gasteiger partial charge in [-0.3, -0.25) is 9.59 Å². The van der Waals surface area contributed by atoms with Gasteiger partial charge in [-0.15, -0.1) is 0 Å². The van der Waals surface area contributed by atoms with E-state index in [1.165, 1.54) is 6.07 Å². The molecule has 2 heterocycles. The van der Waals surface area contributed by atoms with Crippen molar-refractivity contribution in [3.63, 3.8) is 0 Å². The summed E-state index contributed by atoms with van der Waals surface area (Å²) in [5.74, 6) is -0.0279. The van der Waals surface area contributed by atoms with Crippen LogP contribution < -0.4 is 10.9 Å². The summed E-state index contributed by atoms with van der Waals surface area (Å²) in [6.07, 6.45) is 6.43. The fraction of sp³-hybridized carbons (Fsp3) is 0.625. The van der Waals surface area contributed by atoms with Gasteiger partial charge in [-0.25, -0.2) is 0 Å². The molecule has 5 heteroatoms. The Morgan fingerprint density at radius 1 is 1.43 bits per heavy atom. The van der Waals surface area contributed by atoms with E-state index in [-0.39, 0.29) is 17.6 Å². The molecule has 1 saturated heterocycles. The van der Waals surface area contributed by atoms with Crippen molar-refractivity contribution < 1.29 is 9.53 Å². The molecule has 0 unspecified atom stereocenters. The summed E-state index contributed by atoms with van der Waals surface area (Å²) >= 11 is 0. The van der Waals surface area contributed by atoms with Crippen molar-refractivity contribution in [3.05, 3.63) is 28.7 Å². The number of pyridine rings is 1. The highest BCUT2D eigenvalue weighted by Gasteiger charge is 2.22. The maximum atomic E-state index is 12.0. The number of rotatable bonds is 6. The lowest BCUT2D eigenvalue weighted by atomic mass is 10.1. The molecular weight excluding hydrogens is 268 g/mol. The lowest BCUT2D eigenvalue weighted by Gasteiger charge is -2.11. The van der Waals surface area contributed by atoms with E-state index in [1.54, 1.807) is 16.8 Å². The molecule has 1 aromatic rings. The standard InChI is InChI=1S/C16H24N2O3/c1-3-10-18-11-13(5-9-16(18)20)17-15(19)8-7-14-6-4-12(2)21-14/h5,9,11-12,14H,3-4,6-8,10H2,1-2H3,(H,17,19)/t12-,14-/m1/s1. The first kappa shape index (κ1) is 15.8. The largest absolute Gasteiger partial charge is 0.375 e. The van der Waals surface area contributed by atoms with Crippen molar-refractivity contribution in [3.8, 4) is 0 Å². The molecule has 1 amide bonds. The molecule has 0 saturated carbocycles. The number of carbonyl (C=O) groups is 1. The van der Waals surface area contributed by atoms with Crippen LogP contribution >= 0.6 is 0 Å². The molecule has 1 aliphatic heterocycles. The number of amides is 1. The Morgan fingerprint density at radius 3 is 2.90 bits per heavy atom. The Morgan fingerprint density at radius 2 is 2.24 bits per heavy atom. The highest BCUT2D eigenvalue weighted by molar-refractivity contribution is 5.90. The van der Waals surface area contributed by atoms with Crippen LogP contribution in [-0.2, 0) is 16.1 Å². The van der Waals surface area contributed by atoms with E-state index >= 15 is 0 Å². The predicted octanol–water partition coefficient (Wildman–Crippen LogP) is 2.54. The molecule has 0 aliphatic carbocycles. The molecule has 5 nitrogen and oxygen atoms in total. The number of nitrogens with one attached hydrogen (secondary N) is 1. The number of ether oxygens (including phenoxy) is 1. The van der Waals surface area contributed by atoms with Gasteiger partial charge in [0, 0.05) is 25.2 Å². The Balaban J connectivity index is 1.84. The zero-order chi connectivity index (χ0) is 15.2. The van der Waals surface area contributed by atoms with Crippen molar-refractivity contribution >= 4 is 11.6 Å². The van der Waals surface area contributed by atoms with Gasteiger partial charge in [0.2, 0.25) is 5.91 Å². The molecule has 0 radical (unpaired) electrons. The third-order valence-corrected chi connectivity index (χ3v) is 3.75. The molecule has 2 rings (SSSR count). The summed E-state index contributed by atoms with van der Waals surface area (Å²) < 4.78 is 7.33. The second-order valence-electron chi connectivity index (χ2n) is 5.68. The summed E-state index contributed by atoms with van der Waals surface area (Å²) in [5.41, 5.74) is 0.636. The van der Waals surface area contributed by atoms with Crippen molar-refractivity contribution in [1.82, 2.24) is 4.57 Å². The average molecular weight is 292 g/mol. The Hall–Kier alpha value is -1.62. The first-order chi connectivity index (χ1) is 10.1. The number of hydrogen-bond donors (Lipinski definition) is 1. The quantitative estimate of drug-likeness (QED) is 0.876. The minimum Gasteiger partial charge on any atom is -0.375 e. The maximum Gasteiger partial charge on any atom is 0.250 e. The third kappa shape index (κ3) is 4.70. The van der Waals surface area contributed by atoms with Gasteiger partial charge in [-0.1, -0.05) is 6.92 Å². The molecule has 0 spiro atoms. The lowest BCUT2D eigenvalue weighted by molar-refractivity contribution is -0.116. The zero-order valence-electron chi connectivity index (χ0n) is 12.8. The van der Waals surface area contributed by atoms with Crippen molar-refractivity contribution in [2.45, 2.75) is 64.7 Å². The van der Waals surface area contributed by atoms with Crippen LogP contribution in [0.4, 0.5) is 5.69 Å². The van der Waals surface area contributed by atoms with Crippen LogP contribution in [0.15, 0.2) is 23.1 Å². The molecular formula is C16H24N2O3. The first-order valence-electron chi connectivity index (χ1n) is 7.74. The Bertz CT molecular complexity index is 539. The number of aryl methyl sites for hydroxylation is 1. The first-order valence-corrected chi connectivity index (χ1v) is 7.74. The fourth-order valence-corrected chi connectivity index (χ4v) is 2.63. The second kappa shape index (κ2) is 7.41. The van der Waals surface area contributed by atoms with E-state index in [0.29, 0.717) is 24.8 Å². The summed E-state index contributed by atoms with van der Waals surface area (Å²) in [5, 5.41) is 2.85. The van der Waals surface area contributed by atoms with Gasteiger partial charge in [-0.05, 0) is 38.7 Å². The molecule has 1 N–H and O–H groups in total. The molecule has 2 atom stereocenters. The van der Waals surface area contributed by atoms with Gasteiger partial charge in [0.15, 0.2) is 0 Å². The zero-order valence-corrected chi connectivity index (χ0v) is 12.8. The molecule has 1 fully saturated rings. The van der Waals surface area contributed by atoms with Crippen LogP contribution in [-0.4, -0.2) is 22.7 Å². The monoisotopic (exact) mass is 292 g/mol. The van der Waals surface area contributed by atoms with Crippen LogP contribution in [0.3, 0.4) is 0 Å². The average Bonchev–Trinajstić information content (AvgIpc) is 2.86. The van der Waals surface area contributed by atoms with Gasteiger partial charge in [0.1, 0.15) is 0 Å². The highest BCUT2D eigenvalue weighted by Crippen LogP contribution is 2.22. The van der Waals surface area contributed by atoms with Crippen LogP contribution in [0.2, 0.25) is 0 Å². The number of anilines is 1. The topological polar surface area (TPSA) is 60.3 Å². The minimum atomic E-state index is -0.0387.